The molecule has 1 unspecified atom stereocenters. The third-order valence-corrected chi connectivity index (χ3v) is 3.28. The first kappa shape index (κ1) is 12.5. The van der Waals surface area contributed by atoms with E-state index in [1.807, 2.05) is 31.3 Å². The molecule has 4 nitrogen and oxygen atoms in total. The first-order valence-electron chi connectivity index (χ1n) is 6.02. The summed E-state index contributed by atoms with van der Waals surface area (Å²) >= 11 is 0. The first-order chi connectivity index (χ1) is 8.65. The fourth-order valence-electron chi connectivity index (χ4n) is 2.13. The number of ether oxygens (including phenoxy) is 1. The lowest BCUT2D eigenvalue weighted by molar-refractivity contribution is -0.141. The van der Waals surface area contributed by atoms with Gasteiger partial charge in [0.15, 0.2) is 0 Å². The Balaban J connectivity index is 2.35. The zero-order valence-electron chi connectivity index (χ0n) is 10.6. The maximum absolute atomic E-state index is 11.1. The number of nitrogens with one attached hydrogen (secondary N) is 1. The van der Waals surface area contributed by atoms with E-state index in [1.165, 1.54) is 0 Å². The molecule has 0 aliphatic heterocycles. The molecule has 1 atom stereocenters. The van der Waals surface area contributed by atoms with Crippen LogP contribution in [0.3, 0.4) is 0 Å². The van der Waals surface area contributed by atoms with Crippen molar-refractivity contribution < 1.29 is 14.6 Å². The molecule has 0 bridgehead atoms. The largest absolute Gasteiger partial charge is 0.497 e. The molecule has 1 aromatic heterocycles. The lowest BCUT2D eigenvalue weighted by Gasteiger charge is -2.08. The first-order valence-corrected chi connectivity index (χ1v) is 6.02. The smallest absolute Gasteiger partial charge is 0.306 e. The Morgan fingerprint density at radius 1 is 1.50 bits per heavy atom. The highest BCUT2D eigenvalue weighted by molar-refractivity contribution is 5.85. The van der Waals surface area contributed by atoms with Gasteiger partial charge in [-0.15, -0.1) is 0 Å². The van der Waals surface area contributed by atoms with Crippen molar-refractivity contribution in [3.63, 3.8) is 0 Å². The number of H-pyrrole nitrogens is 1. The molecule has 0 saturated carbocycles. The van der Waals surface area contributed by atoms with E-state index in [-0.39, 0.29) is 5.92 Å². The summed E-state index contributed by atoms with van der Waals surface area (Å²) in [5, 5.41) is 10.1. The van der Waals surface area contributed by atoms with Gasteiger partial charge in [-0.05, 0) is 36.6 Å². The average molecular weight is 247 g/mol. The molecule has 0 amide bonds. The lowest BCUT2D eigenvalue weighted by atomic mass is 9.97. The number of hydrogen-bond donors (Lipinski definition) is 2. The van der Waals surface area contributed by atoms with Crippen LogP contribution in [0.5, 0.6) is 5.75 Å². The molecule has 0 aliphatic rings. The Bertz CT molecular complexity index is 559. The van der Waals surface area contributed by atoms with Crippen molar-refractivity contribution in [2.75, 3.05) is 7.11 Å². The third-order valence-electron chi connectivity index (χ3n) is 3.28. The predicted octanol–water partition coefficient (Wildman–Crippen LogP) is 2.83. The molecule has 96 valence electrons. The van der Waals surface area contributed by atoms with Crippen LogP contribution in [-0.4, -0.2) is 23.2 Å². The molecule has 0 fully saturated rings. The van der Waals surface area contributed by atoms with Gasteiger partial charge in [-0.2, -0.15) is 0 Å². The molecule has 0 spiro atoms. The number of rotatable bonds is 5. The molecular formula is C14H17NO3. The Hall–Kier alpha value is -1.97. The summed E-state index contributed by atoms with van der Waals surface area (Å²) in [5.74, 6) is -0.295. The Morgan fingerprint density at radius 2 is 2.28 bits per heavy atom. The molecule has 2 rings (SSSR count). The van der Waals surface area contributed by atoms with Crippen molar-refractivity contribution in [2.45, 2.75) is 19.8 Å². The minimum absolute atomic E-state index is 0.338. The maximum Gasteiger partial charge on any atom is 0.306 e. The zero-order valence-corrected chi connectivity index (χ0v) is 10.6. The number of carboxylic acids is 1. The maximum atomic E-state index is 11.1. The third kappa shape index (κ3) is 2.32. The average Bonchev–Trinajstić information content (AvgIpc) is 2.77. The van der Waals surface area contributed by atoms with Crippen molar-refractivity contribution in [3.05, 3.63) is 30.0 Å². The van der Waals surface area contributed by atoms with E-state index >= 15 is 0 Å². The van der Waals surface area contributed by atoms with Gasteiger partial charge >= 0.3 is 5.97 Å². The second kappa shape index (κ2) is 5.12. The van der Waals surface area contributed by atoms with Gasteiger partial charge in [-0.1, -0.05) is 6.92 Å². The van der Waals surface area contributed by atoms with E-state index in [2.05, 4.69) is 4.98 Å². The van der Waals surface area contributed by atoms with Crippen molar-refractivity contribution in [1.82, 2.24) is 4.98 Å². The zero-order chi connectivity index (χ0) is 13.1. The number of aromatic nitrogens is 1. The minimum atomic E-state index is -0.741. The van der Waals surface area contributed by atoms with Crippen LogP contribution in [-0.2, 0) is 11.2 Å². The second-order valence-corrected chi connectivity index (χ2v) is 4.37. The summed E-state index contributed by atoms with van der Waals surface area (Å²) in [6.45, 7) is 1.90. The number of aliphatic carboxylic acids is 1. The van der Waals surface area contributed by atoms with Crippen LogP contribution < -0.4 is 4.74 Å². The molecule has 1 heterocycles. The van der Waals surface area contributed by atoms with Gasteiger partial charge in [0.2, 0.25) is 0 Å². The van der Waals surface area contributed by atoms with E-state index in [0.717, 1.165) is 22.2 Å². The molecular weight excluding hydrogens is 230 g/mol. The van der Waals surface area contributed by atoms with Gasteiger partial charge in [0.1, 0.15) is 5.75 Å². The number of fused-ring (bicyclic) bond motifs is 1. The van der Waals surface area contributed by atoms with Crippen molar-refractivity contribution in [3.8, 4) is 5.75 Å². The topological polar surface area (TPSA) is 62.3 Å². The highest BCUT2D eigenvalue weighted by Gasteiger charge is 2.17. The van der Waals surface area contributed by atoms with E-state index < -0.39 is 5.97 Å². The molecule has 18 heavy (non-hydrogen) atoms. The Kier molecular flexibility index (Phi) is 3.55. The van der Waals surface area contributed by atoms with E-state index in [1.54, 1.807) is 7.11 Å². The van der Waals surface area contributed by atoms with Crippen LogP contribution in [0.2, 0.25) is 0 Å². The highest BCUT2D eigenvalue weighted by atomic mass is 16.5. The molecule has 4 heteroatoms. The highest BCUT2D eigenvalue weighted by Crippen LogP contribution is 2.26. The fraction of sp³-hybridized carbons (Fsp3) is 0.357. The van der Waals surface area contributed by atoms with Crippen molar-refractivity contribution in [2.24, 2.45) is 5.92 Å². The van der Waals surface area contributed by atoms with Gasteiger partial charge in [-0.25, -0.2) is 0 Å². The van der Waals surface area contributed by atoms with Gasteiger partial charge < -0.3 is 14.8 Å². The van der Waals surface area contributed by atoms with Crippen LogP contribution in [0.4, 0.5) is 0 Å². The Morgan fingerprint density at radius 3 is 2.89 bits per heavy atom. The number of benzene rings is 1. The molecule has 0 aliphatic carbocycles. The number of aromatic amines is 1. The van der Waals surface area contributed by atoms with Gasteiger partial charge in [-0.3, -0.25) is 4.79 Å². The van der Waals surface area contributed by atoms with E-state index in [9.17, 15) is 4.79 Å². The summed E-state index contributed by atoms with van der Waals surface area (Å²) in [6, 6.07) is 5.77. The van der Waals surface area contributed by atoms with Crippen LogP contribution in [0, 0.1) is 5.92 Å². The predicted molar refractivity (Wildman–Crippen MR) is 70.0 cm³/mol. The standard InChI is InChI=1S/C14H17NO3/c1-3-9(14(16)17)6-10-8-15-13-5-4-11(18-2)7-12(10)13/h4-5,7-9,15H,3,6H2,1-2H3,(H,16,17). The monoisotopic (exact) mass is 247 g/mol. The lowest BCUT2D eigenvalue weighted by Crippen LogP contribution is -2.15. The molecule has 0 radical (unpaired) electrons. The molecule has 0 saturated heterocycles. The van der Waals surface area contributed by atoms with Crippen molar-refractivity contribution >= 4 is 16.9 Å². The van der Waals surface area contributed by atoms with Gasteiger partial charge in [0.25, 0.3) is 0 Å². The van der Waals surface area contributed by atoms with Crippen LogP contribution >= 0.6 is 0 Å². The summed E-state index contributed by atoms with van der Waals surface area (Å²) < 4.78 is 5.20. The summed E-state index contributed by atoms with van der Waals surface area (Å²) in [6.07, 6.45) is 3.06. The van der Waals surface area contributed by atoms with Crippen LogP contribution in [0.25, 0.3) is 10.9 Å². The minimum Gasteiger partial charge on any atom is -0.497 e. The summed E-state index contributed by atoms with van der Waals surface area (Å²) in [7, 11) is 1.62. The van der Waals surface area contributed by atoms with E-state index in [0.29, 0.717) is 12.8 Å². The number of carboxylic acid groups (broad SMARTS) is 1. The van der Waals surface area contributed by atoms with Gasteiger partial charge in [0, 0.05) is 17.1 Å². The van der Waals surface area contributed by atoms with Crippen molar-refractivity contribution in [1.29, 1.82) is 0 Å². The summed E-state index contributed by atoms with van der Waals surface area (Å²) in [4.78, 5) is 14.2. The molecule has 2 N–H and O–H groups in total. The normalized spacial score (nSPS) is 12.6. The number of carbonyl (C=O) groups is 1. The second-order valence-electron chi connectivity index (χ2n) is 4.37. The van der Waals surface area contributed by atoms with E-state index in [4.69, 9.17) is 9.84 Å². The quantitative estimate of drug-likeness (QED) is 0.854. The van der Waals surface area contributed by atoms with Crippen LogP contribution in [0.15, 0.2) is 24.4 Å². The molecule has 1 aromatic carbocycles. The number of hydrogen-bond acceptors (Lipinski definition) is 2. The van der Waals surface area contributed by atoms with Gasteiger partial charge in [0.05, 0.1) is 13.0 Å². The fourth-order valence-corrected chi connectivity index (χ4v) is 2.13. The number of methoxy groups -OCH3 is 1. The van der Waals surface area contributed by atoms with Crippen LogP contribution in [0.1, 0.15) is 18.9 Å². The SMILES string of the molecule is CCC(Cc1c[nH]c2ccc(OC)cc12)C(=O)O. The summed E-state index contributed by atoms with van der Waals surface area (Å²) in [5.41, 5.74) is 2.03. The molecule has 2 aromatic rings. The Labute approximate surface area is 106 Å².